The van der Waals surface area contributed by atoms with Gasteiger partial charge in [-0.15, -0.1) is 11.8 Å². The fourth-order valence-electron chi connectivity index (χ4n) is 1.15. The van der Waals surface area contributed by atoms with Crippen molar-refractivity contribution in [2.24, 2.45) is 0 Å². The minimum absolute atomic E-state index is 0.0420. The summed E-state index contributed by atoms with van der Waals surface area (Å²) in [5.41, 5.74) is 0.0420. The lowest BCUT2D eigenvalue weighted by Crippen LogP contribution is -2.01. The van der Waals surface area contributed by atoms with Crippen LogP contribution in [0.1, 0.15) is 30.1 Å². The lowest BCUT2D eigenvalue weighted by molar-refractivity contribution is 0.0980. The summed E-state index contributed by atoms with van der Waals surface area (Å²) in [6, 6.07) is 3.96. The van der Waals surface area contributed by atoms with Gasteiger partial charge in [0.1, 0.15) is 5.82 Å². The van der Waals surface area contributed by atoms with Gasteiger partial charge < -0.3 is 0 Å². The standard InChI is InChI=1S/C12H10ClFO/c1-2-3-4-5-12(15)10-8-9(13)6-7-11(10)14/h6-8H,4-5H2,1H3. The highest BCUT2D eigenvalue weighted by molar-refractivity contribution is 6.31. The molecule has 0 saturated heterocycles. The van der Waals surface area contributed by atoms with Crippen LogP contribution in [0.2, 0.25) is 5.02 Å². The van der Waals surface area contributed by atoms with E-state index in [1.807, 2.05) is 0 Å². The average Bonchev–Trinajstić information content (AvgIpc) is 2.22. The Morgan fingerprint density at radius 2 is 2.27 bits per heavy atom. The summed E-state index contributed by atoms with van der Waals surface area (Å²) in [6.07, 6.45) is 0.666. The highest BCUT2D eigenvalue weighted by Gasteiger charge is 2.11. The largest absolute Gasteiger partial charge is 0.294 e. The number of rotatable bonds is 3. The molecule has 1 aromatic rings. The van der Waals surface area contributed by atoms with E-state index in [4.69, 9.17) is 11.6 Å². The molecular weight excluding hydrogens is 215 g/mol. The van der Waals surface area contributed by atoms with Gasteiger partial charge in [-0.05, 0) is 25.1 Å². The molecule has 1 nitrogen and oxygen atoms in total. The number of hydrogen-bond donors (Lipinski definition) is 0. The maximum absolute atomic E-state index is 13.2. The van der Waals surface area contributed by atoms with Crippen LogP contribution < -0.4 is 0 Å². The molecule has 0 heterocycles. The molecule has 0 saturated carbocycles. The first-order valence-electron chi connectivity index (χ1n) is 4.53. The van der Waals surface area contributed by atoms with Gasteiger partial charge in [-0.25, -0.2) is 4.39 Å². The van der Waals surface area contributed by atoms with Crippen LogP contribution in [0.25, 0.3) is 0 Å². The molecule has 0 amide bonds. The van der Waals surface area contributed by atoms with E-state index in [0.29, 0.717) is 11.4 Å². The monoisotopic (exact) mass is 224 g/mol. The molecule has 0 aliphatic carbocycles. The molecular formula is C12H10ClFO. The molecule has 0 aliphatic rings. The summed E-state index contributed by atoms with van der Waals surface area (Å²) in [5.74, 6) is 4.64. The number of Topliss-reactive ketones (excluding diaryl/α,β-unsaturated/α-hetero) is 1. The van der Waals surface area contributed by atoms with Gasteiger partial charge in [0.05, 0.1) is 5.56 Å². The number of ketones is 1. The highest BCUT2D eigenvalue weighted by Crippen LogP contribution is 2.16. The molecule has 0 N–H and O–H groups in total. The van der Waals surface area contributed by atoms with Crippen LogP contribution in [-0.4, -0.2) is 5.78 Å². The molecule has 0 aromatic heterocycles. The summed E-state index contributed by atoms with van der Waals surface area (Å²) in [4.78, 5) is 11.5. The Hall–Kier alpha value is -1.33. The number of carbonyl (C=O) groups excluding carboxylic acids is 1. The van der Waals surface area contributed by atoms with Crippen LogP contribution in [0.5, 0.6) is 0 Å². The predicted molar refractivity (Wildman–Crippen MR) is 58.4 cm³/mol. The quantitative estimate of drug-likeness (QED) is 0.568. The highest BCUT2D eigenvalue weighted by atomic mass is 35.5. The van der Waals surface area contributed by atoms with Gasteiger partial charge in [0.25, 0.3) is 0 Å². The Labute approximate surface area is 93.3 Å². The zero-order chi connectivity index (χ0) is 11.3. The van der Waals surface area contributed by atoms with Crippen molar-refractivity contribution in [1.29, 1.82) is 0 Å². The van der Waals surface area contributed by atoms with E-state index in [9.17, 15) is 9.18 Å². The van der Waals surface area contributed by atoms with Crippen LogP contribution in [-0.2, 0) is 0 Å². The topological polar surface area (TPSA) is 17.1 Å². The molecule has 0 fully saturated rings. The summed E-state index contributed by atoms with van der Waals surface area (Å²) >= 11 is 5.68. The normalized spacial score (nSPS) is 9.27. The van der Waals surface area contributed by atoms with Crippen molar-refractivity contribution in [3.05, 3.63) is 34.6 Å². The molecule has 0 aliphatic heterocycles. The first-order chi connectivity index (χ1) is 7.15. The van der Waals surface area contributed by atoms with Gasteiger partial charge in [-0.3, -0.25) is 4.79 Å². The van der Waals surface area contributed by atoms with Crippen molar-refractivity contribution >= 4 is 17.4 Å². The van der Waals surface area contributed by atoms with Crippen LogP contribution in [0.4, 0.5) is 4.39 Å². The van der Waals surface area contributed by atoms with Gasteiger partial charge in [-0.1, -0.05) is 11.6 Å². The smallest absolute Gasteiger partial charge is 0.166 e. The SMILES string of the molecule is CC#CCCC(=O)c1cc(Cl)ccc1F. The van der Waals surface area contributed by atoms with E-state index in [-0.39, 0.29) is 17.8 Å². The Morgan fingerprint density at radius 3 is 2.93 bits per heavy atom. The zero-order valence-electron chi connectivity index (χ0n) is 8.31. The van der Waals surface area contributed by atoms with Crippen molar-refractivity contribution in [2.75, 3.05) is 0 Å². The van der Waals surface area contributed by atoms with E-state index < -0.39 is 5.82 Å². The molecule has 1 rings (SSSR count). The zero-order valence-corrected chi connectivity index (χ0v) is 9.07. The van der Waals surface area contributed by atoms with E-state index in [0.717, 1.165) is 0 Å². The van der Waals surface area contributed by atoms with Crippen molar-refractivity contribution < 1.29 is 9.18 Å². The first-order valence-corrected chi connectivity index (χ1v) is 4.91. The summed E-state index contributed by atoms with van der Waals surface area (Å²) in [6.45, 7) is 1.70. The lowest BCUT2D eigenvalue weighted by Gasteiger charge is -2.01. The molecule has 0 unspecified atom stereocenters. The number of benzene rings is 1. The summed E-state index contributed by atoms with van der Waals surface area (Å²) in [7, 11) is 0. The van der Waals surface area contributed by atoms with Gasteiger partial charge in [0.2, 0.25) is 0 Å². The van der Waals surface area contributed by atoms with Gasteiger partial charge in [-0.2, -0.15) is 0 Å². The fraction of sp³-hybridized carbons (Fsp3) is 0.250. The summed E-state index contributed by atoms with van der Waals surface area (Å²) in [5, 5.41) is 0.362. The summed E-state index contributed by atoms with van der Waals surface area (Å²) < 4.78 is 13.2. The third-order valence-corrected chi connectivity index (χ3v) is 2.12. The second-order valence-corrected chi connectivity index (χ2v) is 3.41. The number of carbonyl (C=O) groups is 1. The number of hydrogen-bond acceptors (Lipinski definition) is 1. The van der Waals surface area contributed by atoms with E-state index in [1.165, 1.54) is 18.2 Å². The average molecular weight is 225 g/mol. The molecule has 0 radical (unpaired) electrons. The first kappa shape index (κ1) is 11.7. The van der Waals surface area contributed by atoms with Crippen molar-refractivity contribution in [2.45, 2.75) is 19.8 Å². The molecule has 1 aromatic carbocycles. The fourth-order valence-corrected chi connectivity index (χ4v) is 1.32. The van der Waals surface area contributed by atoms with Crippen LogP contribution in [0.15, 0.2) is 18.2 Å². The van der Waals surface area contributed by atoms with Gasteiger partial charge >= 0.3 is 0 Å². The van der Waals surface area contributed by atoms with Crippen LogP contribution in [0, 0.1) is 17.7 Å². The van der Waals surface area contributed by atoms with Crippen molar-refractivity contribution in [3.8, 4) is 11.8 Å². The Balaban J connectivity index is 2.80. The van der Waals surface area contributed by atoms with Gasteiger partial charge in [0.15, 0.2) is 5.78 Å². The maximum Gasteiger partial charge on any atom is 0.166 e. The minimum atomic E-state index is -0.533. The Bertz CT molecular complexity index is 429. The lowest BCUT2D eigenvalue weighted by atomic mass is 10.1. The van der Waals surface area contributed by atoms with E-state index in [2.05, 4.69) is 11.8 Å². The molecule has 78 valence electrons. The molecule has 3 heteroatoms. The molecule has 0 bridgehead atoms. The third-order valence-electron chi connectivity index (χ3n) is 1.88. The Kier molecular flexibility index (Phi) is 4.33. The second kappa shape index (κ2) is 5.53. The third kappa shape index (κ3) is 3.38. The maximum atomic E-state index is 13.2. The van der Waals surface area contributed by atoms with Crippen molar-refractivity contribution in [3.63, 3.8) is 0 Å². The minimum Gasteiger partial charge on any atom is -0.294 e. The second-order valence-electron chi connectivity index (χ2n) is 2.97. The predicted octanol–water partition coefficient (Wildman–Crippen LogP) is 3.47. The van der Waals surface area contributed by atoms with Crippen LogP contribution in [0.3, 0.4) is 0 Å². The van der Waals surface area contributed by atoms with Gasteiger partial charge in [0, 0.05) is 17.9 Å². The van der Waals surface area contributed by atoms with Crippen LogP contribution >= 0.6 is 11.6 Å². The van der Waals surface area contributed by atoms with E-state index >= 15 is 0 Å². The Morgan fingerprint density at radius 1 is 1.53 bits per heavy atom. The molecule has 0 spiro atoms. The van der Waals surface area contributed by atoms with E-state index in [1.54, 1.807) is 6.92 Å². The number of halogens is 2. The molecule has 0 atom stereocenters. The molecule has 15 heavy (non-hydrogen) atoms. The van der Waals surface area contributed by atoms with Crippen molar-refractivity contribution in [1.82, 2.24) is 0 Å².